The summed E-state index contributed by atoms with van der Waals surface area (Å²) in [6, 6.07) is 7.58. The van der Waals surface area contributed by atoms with Gasteiger partial charge >= 0.3 is 5.97 Å². The number of rotatable bonds is 4. The summed E-state index contributed by atoms with van der Waals surface area (Å²) in [6.45, 7) is 5.78. The number of ether oxygens (including phenoxy) is 1. The van der Waals surface area contributed by atoms with E-state index in [1.807, 2.05) is 31.2 Å². The molecule has 1 aromatic rings. The molecule has 0 saturated carbocycles. The van der Waals surface area contributed by atoms with E-state index in [1.54, 1.807) is 0 Å². The Hall–Kier alpha value is -0.910. The van der Waals surface area contributed by atoms with Gasteiger partial charge in [0.05, 0.1) is 6.61 Å². The average molecular weight is 327 g/mol. The molecule has 1 aromatic carbocycles. The molecule has 1 fully saturated rings. The first kappa shape index (κ1) is 14.5. The van der Waals surface area contributed by atoms with E-state index >= 15 is 0 Å². The third kappa shape index (κ3) is 3.78. The number of piperazine rings is 1. The highest BCUT2D eigenvalue weighted by Gasteiger charge is 2.29. The second-order valence-electron chi connectivity index (χ2n) is 4.50. The van der Waals surface area contributed by atoms with E-state index in [1.165, 1.54) is 0 Å². The van der Waals surface area contributed by atoms with Gasteiger partial charge in [-0.05, 0) is 24.6 Å². The van der Waals surface area contributed by atoms with Gasteiger partial charge in [0.15, 0.2) is 0 Å². The summed E-state index contributed by atoms with van der Waals surface area (Å²) >= 11 is 3.46. The van der Waals surface area contributed by atoms with Crippen LogP contribution in [0.1, 0.15) is 18.5 Å². The molecule has 104 valence electrons. The van der Waals surface area contributed by atoms with Crippen LogP contribution in [0.15, 0.2) is 28.7 Å². The molecule has 4 nitrogen and oxygen atoms in total. The summed E-state index contributed by atoms with van der Waals surface area (Å²) < 4.78 is 6.22. The number of nitrogens with one attached hydrogen (secondary N) is 1. The lowest BCUT2D eigenvalue weighted by molar-refractivity contribution is -0.150. The summed E-state index contributed by atoms with van der Waals surface area (Å²) in [5.41, 5.74) is 0.981. The van der Waals surface area contributed by atoms with Gasteiger partial charge in [0.25, 0.3) is 0 Å². The van der Waals surface area contributed by atoms with Crippen molar-refractivity contribution in [3.8, 4) is 0 Å². The van der Waals surface area contributed by atoms with Crippen molar-refractivity contribution < 1.29 is 9.53 Å². The summed E-state index contributed by atoms with van der Waals surface area (Å²) in [5.74, 6) is -0.164. The number of esters is 1. The molecule has 0 amide bonds. The Bertz CT molecular complexity index is 433. The standard InChI is InChI=1S/C14H19BrN2O2/c1-2-19-14(18)13(17-8-6-16-7-9-17)11-4-3-5-12(15)10-11/h3-5,10,13,16H,2,6-9H2,1H3. The highest BCUT2D eigenvalue weighted by Crippen LogP contribution is 2.25. The molecule has 0 spiro atoms. The van der Waals surface area contributed by atoms with Crippen LogP contribution in [-0.4, -0.2) is 43.7 Å². The lowest BCUT2D eigenvalue weighted by Gasteiger charge is -2.33. The maximum Gasteiger partial charge on any atom is 0.328 e. The van der Waals surface area contributed by atoms with Crippen LogP contribution in [0.3, 0.4) is 0 Å². The van der Waals surface area contributed by atoms with Crippen molar-refractivity contribution in [1.29, 1.82) is 0 Å². The van der Waals surface area contributed by atoms with Gasteiger partial charge in [-0.3, -0.25) is 4.90 Å². The van der Waals surface area contributed by atoms with Crippen LogP contribution in [0.25, 0.3) is 0 Å². The van der Waals surface area contributed by atoms with Gasteiger partial charge in [0, 0.05) is 30.7 Å². The summed E-state index contributed by atoms with van der Waals surface area (Å²) in [6.07, 6.45) is 0. The van der Waals surface area contributed by atoms with Gasteiger partial charge in [-0.15, -0.1) is 0 Å². The topological polar surface area (TPSA) is 41.6 Å². The predicted molar refractivity (Wildman–Crippen MR) is 78.0 cm³/mol. The zero-order valence-corrected chi connectivity index (χ0v) is 12.6. The molecular weight excluding hydrogens is 308 g/mol. The molecule has 1 atom stereocenters. The second kappa shape index (κ2) is 7.03. The smallest absolute Gasteiger partial charge is 0.328 e. The van der Waals surface area contributed by atoms with Crippen LogP contribution >= 0.6 is 15.9 Å². The van der Waals surface area contributed by atoms with Crippen LogP contribution < -0.4 is 5.32 Å². The first-order chi connectivity index (χ1) is 9.22. The number of benzene rings is 1. The summed E-state index contributed by atoms with van der Waals surface area (Å²) in [5, 5.41) is 3.30. The monoisotopic (exact) mass is 326 g/mol. The van der Waals surface area contributed by atoms with E-state index in [0.717, 1.165) is 36.2 Å². The van der Waals surface area contributed by atoms with E-state index in [9.17, 15) is 4.79 Å². The van der Waals surface area contributed by atoms with Gasteiger partial charge in [-0.2, -0.15) is 0 Å². The molecule has 0 bridgehead atoms. The van der Waals surface area contributed by atoms with E-state index < -0.39 is 0 Å². The minimum absolute atomic E-state index is 0.164. The maximum atomic E-state index is 12.3. The number of halogens is 1. The van der Waals surface area contributed by atoms with Gasteiger partial charge in [0.2, 0.25) is 0 Å². The highest BCUT2D eigenvalue weighted by molar-refractivity contribution is 9.10. The van der Waals surface area contributed by atoms with Crippen LogP contribution in [0.2, 0.25) is 0 Å². The Labute approximate surface area is 122 Å². The summed E-state index contributed by atoms with van der Waals surface area (Å²) in [4.78, 5) is 14.4. The average Bonchev–Trinajstić information content (AvgIpc) is 2.40. The van der Waals surface area contributed by atoms with Crippen molar-refractivity contribution in [2.75, 3.05) is 32.8 Å². The summed E-state index contributed by atoms with van der Waals surface area (Å²) in [7, 11) is 0. The van der Waals surface area contributed by atoms with Crippen molar-refractivity contribution in [3.63, 3.8) is 0 Å². The number of nitrogens with zero attached hydrogens (tertiary/aromatic N) is 1. The molecule has 1 N–H and O–H groups in total. The quantitative estimate of drug-likeness (QED) is 0.859. The Morgan fingerprint density at radius 2 is 2.21 bits per heavy atom. The molecule has 1 aliphatic heterocycles. The van der Waals surface area contributed by atoms with Gasteiger partial charge in [0.1, 0.15) is 6.04 Å². The molecular formula is C14H19BrN2O2. The molecule has 0 aliphatic carbocycles. The minimum atomic E-state index is -0.306. The number of hydrogen-bond acceptors (Lipinski definition) is 4. The molecule has 19 heavy (non-hydrogen) atoms. The first-order valence-corrected chi connectivity index (χ1v) is 7.38. The fourth-order valence-electron chi connectivity index (χ4n) is 2.33. The van der Waals surface area contributed by atoms with Crippen molar-refractivity contribution in [2.24, 2.45) is 0 Å². The SMILES string of the molecule is CCOC(=O)C(c1cccc(Br)c1)N1CCNCC1. The Morgan fingerprint density at radius 1 is 1.47 bits per heavy atom. The van der Waals surface area contributed by atoms with Crippen molar-refractivity contribution in [3.05, 3.63) is 34.3 Å². The molecule has 5 heteroatoms. The van der Waals surface area contributed by atoms with Crippen LogP contribution in [0.5, 0.6) is 0 Å². The van der Waals surface area contributed by atoms with E-state index in [-0.39, 0.29) is 12.0 Å². The Morgan fingerprint density at radius 3 is 2.84 bits per heavy atom. The number of carbonyl (C=O) groups is 1. The Kier molecular flexibility index (Phi) is 5.36. The molecule has 2 rings (SSSR count). The largest absolute Gasteiger partial charge is 0.465 e. The first-order valence-electron chi connectivity index (χ1n) is 6.59. The second-order valence-corrected chi connectivity index (χ2v) is 5.41. The minimum Gasteiger partial charge on any atom is -0.465 e. The third-order valence-corrected chi connectivity index (χ3v) is 3.68. The predicted octanol–water partition coefficient (Wildman–Crippen LogP) is 1.96. The molecule has 1 unspecified atom stereocenters. The highest BCUT2D eigenvalue weighted by atomic mass is 79.9. The molecule has 1 aliphatic rings. The van der Waals surface area contributed by atoms with E-state index in [2.05, 4.69) is 26.1 Å². The van der Waals surface area contributed by atoms with Crippen molar-refractivity contribution in [2.45, 2.75) is 13.0 Å². The lowest BCUT2D eigenvalue weighted by Crippen LogP contribution is -2.47. The van der Waals surface area contributed by atoms with E-state index in [4.69, 9.17) is 4.74 Å². The van der Waals surface area contributed by atoms with Gasteiger partial charge in [-0.25, -0.2) is 4.79 Å². The van der Waals surface area contributed by atoms with Crippen molar-refractivity contribution in [1.82, 2.24) is 10.2 Å². The van der Waals surface area contributed by atoms with Crippen LogP contribution in [0, 0.1) is 0 Å². The fraction of sp³-hybridized carbons (Fsp3) is 0.500. The zero-order valence-electron chi connectivity index (χ0n) is 11.1. The lowest BCUT2D eigenvalue weighted by atomic mass is 10.0. The number of carbonyl (C=O) groups excluding carboxylic acids is 1. The molecule has 0 aromatic heterocycles. The Balaban J connectivity index is 2.24. The van der Waals surface area contributed by atoms with Gasteiger partial charge in [-0.1, -0.05) is 28.1 Å². The number of hydrogen-bond donors (Lipinski definition) is 1. The molecule has 1 saturated heterocycles. The fourth-order valence-corrected chi connectivity index (χ4v) is 2.75. The molecule has 1 heterocycles. The normalized spacial score (nSPS) is 18.0. The molecule has 0 radical (unpaired) electrons. The van der Waals surface area contributed by atoms with Crippen molar-refractivity contribution >= 4 is 21.9 Å². The van der Waals surface area contributed by atoms with Gasteiger partial charge < -0.3 is 10.1 Å². The maximum absolute atomic E-state index is 12.3. The zero-order chi connectivity index (χ0) is 13.7. The van der Waals surface area contributed by atoms with Crippen LogP contribution in [0.4, 0.5) is 0 Å². The van der Waals surface area contributed by atoms with Crippen LogP contribution in [-0.2, 0) is 9.53 Å². The van der Waals surface area contributed by atoms with E-state index in [0.29, 0.717) is 6.61 Å². The third-order valence-electron chi connectivity index (χ3n) is 3.19.